The van der Waals surface area contributed by atoms with Gasteiger partial charge in [-0.2, -0.15) is 0 Å². The minimum atomic E-state index is -1.04. The fraction of sp³-hybridized carbons (Fsp3) is 0.857. The summed E-state index contributed by atoms with van der Waals surface area (Å²) in [6.07, 6.45) is -0.00326. The van der Waals surface area contributed by atoms with Crippen molar-refractivity contribution in [3.63, 3.8) is 0 Å². The van der Waals surface area contributed by atoms with E-state index in [4.69, 9.17) is 4.74 Å². The van der Waals surface area contributed by atoms with E-state index in [0.717, 1.165) is 0 Å². The van der Waals surface area contributed by atoms with Crippen molar-refractivity contribution in [3.05, 3.63) is 0 Å². The number of amides is 1. The van der Waals surface area contributed by atoms with Crippen LogP contribution in [0.1, 0.15) is 54.9 Å². The van der Waals surface area contributed by atoms with E-state index in [1.807, 2.05) is 27.7 Å². The molecule has 0 aromatic carbocycles. The molecule has 5 heteroatoms. The van der Waals surface area contributed by atoms with Gasteiger partial charge in [0.15, 0.2) is 0 Å². The number of rotatable bonds is 5. The Morgan fingerprint density at radius 3 is 1.95 bits per heavy atom. The number of carbonyl (C=O) groups is 2. The summed E-state index contributed by atoms with van der Waals surface area (Å²) in [6.45, 7) is 12.9. The van der Waals surface area contributed by atoms with E-state index < -0.39 is 29.1 Å². The highest BCUT2D eigenvalue weighted by Crippen LogP contribution is 2.29. The van der Waals surface area contributed by atoms with Crippen LogP contribution in [0.15, 0.2) is 0 Å². The van der Waals surface area contributed by atoms with Crippen LogP contribution in [0.5, 0.6) is 0 Å². The first kappa shape index (κ1) is 17.7. The normalized spacial score (nSPS) is 14.1. The highest BCUT2D eigenvalue weighted by Gasteiger charge is 2.37. The number of aliphatic carboxylic acids is 1. The van der Waals surface area contributed by atoms with Crippen LogP contribution in [0.4, 0.5) is 4.79 Å². The number of hydrogen-bond donors (Lipinski definition) is 2. The standard InChI is InChI=1S/C14H27NO4/c1-9(2)8-14(6,7)10(11(16)17)15-12(18)19-13(3,4)5/h9-10H,8H2,1-7H3,(H,15,18)(H,16,17)/t10-/m1/s1. The summed E-state index contributed by atoms with van der Waals surface area (Å²) in [5, 5.41) is 11.8. The number of hydrogen-bond acceptors (Lipinski definition) is 3. The minimum Gasteiger partial charge on any atom is -0.480 e. The monoisotopic (exact) mass is 273 g/mol. The SMILES string of the molecule is CC(C)CC(C)(C)[C@H](NC(=O)OC(C)(C)C)C(=O)O. The second-order valence-corrected chi connectivity index (χ2v) is 7.00. The maximum atomic E-state index is 11.7. The third kappa shape index (κ3) is 7.03. The molecular weight excluding hydrogens is 246 g/mol. The lowest BCUT2D eigenvalue weighted by Gasteiger charge is -2.34. The number of carboxylic acids is 1. The molecule has 0 spiro atoms. The Morgan fingerprint density at radius 1 is 1.16 bits per heavy atom. The molecule has 112 valence electrons. The van der Waals surface area contributed by atoms with Crippen molar-refractivity contribution in [2.24, 2.45) is 11.3 Å². The van der Waals surface area contributed by atoms with Gasteiger partial charge in [0.2, 0.25) is 0 Å². The molecule has 0 radical (unpaired) electrons. The molecule has 0 rings (SSSR count). The molecule has 0 bridgehead atoms. The van der Waals surface area contributed by atoms with Gasteiger partial charge in [0, 0.05) is 0 Å². The van der Waals surface area contributed by atoms with Crippen LogP contribution < -0.4 is 5.32 Å². The first-order valence-electron chi connectivity index (χ1n) is 6.57. The molecule has 5 nitrogen and oxygen atoms in total. The van der Waals surface area contributed by atoms with Gasteiger partial charge < -0.3 is 15.2 Å². The van der Waals surface area contributed by atoms with Crippen LogP contribution in [-0.4, -0.2) is 28.8 Å². The Hall–Kier alpha value is -1.26. The summed E-state index contributed by atoms with van der Waals surface area (Å²) in [6, 6.07) is -0.968. The molecule has 0 aromatic heterocycles. The van der Waals surface area contributed by atoms with Crippen LogP contribution >= 0.6 is 0 Å². The van der Waals surface area contributed by atoms with Crippen molar-refractivity contribution in [2.45, 2.75) is 66.5 Å². The van der Waals surface area contributed by atoms with Crippen LogP contribution in [-0.2, 0) is 9.53 Å². The van der Waals surface area contributed by atoms with Crippen molar-refractivity contribution in [1.82, 2.24) is 5.32 Å². The third-order valence-electron chi connectivity index (χ3n) is 2.62. The number of carboxylic acid groups (broad SMARTS) is 1. The second-order valence-electron chi connectivity index (χ2n) is 7.00. The molecule has 2 N–H and O–H groups in total. The van der Waals surface area contributed by atoms with E-state index >= 15 is 0 Å². The van der Waals surface area contributed by atoms with Crippen molar-refractivity contribution < 1.29 is 19.4 Å². The number of ether oxygens (including phenoxy) is 1. The van der Waals surface area contributed by atoms with Gasteiger partial charge in [-0.3, -0.25) is 0 Å². The zero-order chi connectivity index (χ0) is 15.4. The number of alkyl carbamates (subject to hydrolysis) is 1. The first-order valence-corrected chi connectivity index (χ1v) is 6.57. The Morgan fingerprint density at radius 2 is 1.63 bits per heavy atom. The molecule has 0 saturated carbocycles. The van der Waals surface area contributed by atoms with Crippen LogP contribution in [0.25, 0.3) is 0 Å². The summed E-state index contributed by atoms with van der Waals surface area (Å²) < 4.78 is 5.11. The van der Waals surface area contributed by atoms with Gasteiger partial charge in [-0.05, 0) is 38.5 Å². The molecular formula is C14H27NO4. The second kappa shape index (κ2) is 6.26. The maximum Gasteiger partial charge on any atom is 0.408 e. The lowest BCUT2D eigenvalue weighted by atomic mass is 9.77. The molecule has 0 aliphatic carbocycles. The van der Waals surface area contributed by atoms with Crippen molar-refractivity contribution in [2.75, 3.05) is 0 Å². The zero-order valence-electron chi connectivity index (χ0n) is 13.0. The molecule has 1 atom stereocenters. The van der Waals surface area contributed by atoms with Gasteiger partial charge in [0.05, 0.1) is 0 Å². The average molecular weight is 273 g/mol. The van der Waals surface area contributed by atoms with Gasteiger partial charge >= 0.3 is 12.1 Å². The molecule has 0 aromatic rings. The van der Waals surface area contributed by atoms with Gasteiger partial charge in [0.25, 0.3) is 0 Å². The average Bonchev–Trinajstić information content (AvgIpc) is 2.08. The van der Waals surface area contributed by atoms with Crippen molar-refractivity contribution in [1.29, 1.82) is 0 Å². The molecule has 1 amide bonds. The summed E-state index contributed by atoms with van der Waals surface area (Å²) >= 11 is 0. The predicted molar refractivity (Wildman–Crippen MR) is 74.0 cm³/mol. The lowest BCUT2D eigenvalue weighted by molar-refractivity contribution is -0.143. The zero-order valence-corrected chi connectivity index (χ0v) is 13.0. The Balaban J connectivity index is 4.85. The fourth-order valence-electron chi connectivity index (χ4n) is 2.19. The molecule has 0 heterocycles. The van der Waals surface area contributed by atoms with E-state index in [0.29, 0.717) is 12.3 Å². The van der Waals surface area contributed by atoms with E-state index in [1.165, 1.54) is 0 Å². The molecule has 0 aliphatic heterocycles. The van der Waals surface area contributed by atoms with Crippen LogP contribution in [0.3, 0.4) is 0 Å². The maximum absolute atomic E-state index is 11.7. The van der Waals surface area contributed by atoms with Gasteiger partial charge in [-0.25, -0.2) is 9.59 Å². The predicted octanol–water partition coefficient (Wildman–Crippen LogP) is 3.04. The van der Waals surface area contributed by atoms with E-state index in [9.17, 15) is 14.7 Å². The van der Waals surface area contributed by atoms with Gasteiger partial charge in [0.1, 0.15) is 11.6 Å². The Labute approximate surface area is 115 Å². The minimum absolute atomic E-state index is 0.345. The van der Waals surface area contributed by atoms with E-state index in [1.54, 1.807) is 20.8 Å². The molecule has 0 unspecified atom stereocenters. The smallest absolute Gasteiger partial charge is 0.408 e. The highest BCUT2D eigenvalue weighted by atomic mass is 16.6. The Bertz CT molecular complexity index is 329. The fourth-order valence-corrected chi connectivity index (χ4v) is 2.19. The van der Waals surface area contributed by atoms with Crippen LogP contribution in [0, 0.1) is 11.3 Å². The Kier molecular flexibility index (Phi) is 5.84. The first-order chi connectivity index (χ1) is 8.35. The topological polar surface area (TPSA) is 75.6 Å². The summed E-state index contributed by atoms with van der Waals surface area (Å²) in [5.41, 5.74) is -1.19. The molecule has 0 aliphatic rings. The van der Waals surface area contributed by atoms with Gasteiger partial charge in [-0.1, -0.05) is 27.7 Å². The third-order valence-corrected chi connectivity index (χ3v) is 2.62. The van der Waals surface area contributed by atoms with E-state index in [2.05, 4.69) is 5.32 Å². The van der Waals surface area contributed by atoms with Crippen LogP contribution in [0.2, 0.25) is 0 Å². The summed E-state index contributed by atoms with van der Waals surface area (Å²) in [4.78, 5) is 23.1. The lowest BCUT2D eigenvalue weighted by Crippen LogP contribution is -2.51. The molecule has 19 heavy (non-hydrogen) atoms. The van der Waals surface area contributed by atoms with E-state index in [-0.39, 0.29) is 0 Å². The molecule has 0 saturated heterocycles. The summed E-state index contributed by atoms with van der Waals surface area (Å²) in [5.74, 6) is -0.700. The number of carbonyl (C=O) groups excluding carboxylic acids is 1. The van der Waals surface area contributed by atoms with Gasteiger partial charge in [-0.15, -0.1) is 0 Å². The molecule has 0 fully saturated rings. The summed E-state index contributed by atoms with van der Waals surface area (Å²) in [7, 11) is 0. The quantitative estimate of drug-likeness (QED) is 0.807. The van der Waals surface area contributed by atoms with Crippen molar-refractivity contribution in [3.8, 4) is 0 Å². The highest BCUT2D eigenvalue weighted by molar-refractivity contribution is 5.80. The largest absolute Gasteiger partial charge is 0.480 e. The number of nitrogens with one attached hydrogen (secondary N) is 1. The van der Waals surface area contributed by atoms with Crippen molar-refractivity contribution >= 4 is 12.1 Å².